The highest BCUT2D eigenvalue weighted by Crippen LogP contribution is 2.28. The molecule has 3 heteroatoms. The van der Waals surface area contributed by atoms with Crippen LogP contribution in [0.5, 0.6) is 0 Å². The standard InChI is InChI=1S/C14H28N2O/c1-3-13-10-12(7-9-17-13)16-8-5-4-6-14(16)11(2)15/h11-14H,3-10,15H2,1-2H3. The minimum absolute atomic E-state index is 0.304. The molecular weight excluding hydrogens is 212 g/mol. The molecule has 2 rings (SSSR count). The van der Waals surface area contributed by atoms with Gasteiger partial charge in [-0.25, -0.2) is 0 Å². The van der Waals surface area contributed by atoms with E-state index in [2.05, 4.69) is 18.7 Å². The van der Waals surface area contributed by atoms with Gasteiger partial charge in [-0.05, 0) is 45.6 Å². The van der Waals surface area contributed by atoms with Crippen LogP contribution in [0.1, 0.15) is 52.4 Å². The molecule has 2 N–H and O–H groups in total. The molecule has 3 nitrogen and oxygen atoms in total. The second-order valence-corrected chi connectivity index (χ2v) is 5.74. The van der Waals surface area contributed by atoms with Crippen molar-refractivity contribution in [2.24, 2.45) is 5.73 Å². The topological polar surface area (TPSA) is 38.5 Å². The Hall–Kier alpha value is -0.120. The molecule has 0 bridgehead atoms. The third-order valence-electron chi connectivity index (χ3n) is 4.46. The van der Waals surface area contributed by atoms with Gasteiger partial charge in [0, 0.05) is 24.7 Å². The second kappa shape index (κ2) is 6.17. The minimum atomic E-state index is 0.304. The van der Waals surface area contributed by atoms with Crippen molar-refractivity contribution in [3.05, 3.63) is 0 Å². The molecule has 2 saturated heterocycles. The Morgan fingerprint density at radius 1 is 1.35 bits per heavy atom. The van der Waals surface area contributed by atoms with Gasteiger partial charge in [-0.3, -0.25) is 4.90 Å². The van der Waals surface area contributed by atoms with E-state index < -0.39 is 0 Å². The SMILES string of the molecule is CCC1CC(N2CCCCC2C(C)N)CCO1. The van der Waals surface area contributed by atoms with E-state index in [0.29, 0.717) is 24.2 Å². The van der Waals surface area contributed by atoms with Crippen LogP contribution in [0.15, 0.2) is 0 Å². The van der Waals surface area contributed by atoms with Crippen molar-refractivity contribution in [2.75, 3.05) is 13.2 Å². The molecule has 2 heterocycles. The Morgan fingerprint density at radius 2 is 2.18 bits per heavy atom. The predicted octanol–water partition coefficient (Wildman–Crippen LogP) is 2.15. The molecule has 0 aromatic heterocycles. The van der Waals surface area contributed by atoms with Crippen LogP contribution in [0.3, 0.4) is 0 Å². The van der Waals surface area contributed by atoms with Crippen LogP contribution >= 0.6 is 0 Å². The summed E-state index contributed by atoms with van der Waals surface area (Å²) in [4.78, 5) is 2.69. The van der Waals surface area contributed by atoms with Gasteiger partial charge in [0.05, 0.1) is 6.10 Å². The summed E-state index contributed by atoms with van der Waals surface area (Å²) < 4.78 is 5.79. The van der Waals surface area contributed by atoms with Crippen LogP contribution in [0.2, 0.25) is 0 Å². The van der Waals surface area contributed by atoms with Crippen LogP contribution in [-0.2, 0) is 4.74 Å². The average molecular weight is 240 g/mol. The van der Waals surface area contributed by atoms with Crippen molar-refractivity contribution in [2.45, 2.75) is 76.6 Å². The zero-order valence-corrected chi connectivity index (χ0v) is 11.4. The number of nitrogens with two attached hydrogens (primary N) is 1. The first kappa shape index (κ1) is 13.3. The van der Waals surface area contributed by atoms with E-state index in [9.17, 15) is 0 Å². The molecule has 100 valence electrons. The fourth-order valence-corrected chi connectivity index (χ4v) is 3.44. The van der Waals surface area contributed by atoms with Gasteiger partial charge in [0.2, 0.25) is 0 Å². The Kier molecular flexibility index (Phi) is 4.83. The fraction of sp³-hybridized carbons (Fsp3) is 1.00. The van der Waals surface area contributed by atoms with E-state index in [1.807, 2.05) is 0 Å². The smallest absolute Gasteiger partial charge is 0.0587 e. The molecule has 0 radical (unpaired) electrons. The summed E-state index contributed by atoms with van der Waals surface area (Å²) in [5.74, 6) is 0. The van der Waals surface area contributed by atoms with Crippen molar-refractivity contribution >= 4 is 0 Å². The maximum atomic E-state index is 6.16. The lowest BCUT2D eigenvalue weighted by molar-refractivity contribution is -0.0466. The van der Waals surface area contributed by atoms with E-state index in [4.69, 9.17) is 10.5 Å². The maximum Gasteiger partial charge on any atom is 0.0587 e. The molecule has 0 aromatic rings. The Labute approximate surface area is 106 Å². The van der Waals surface area contributed by atoms with Crippen molar-refractivity contribution in [3.8, 4) is 0 Å². The largest absolute Gasteiger partial charge is 0.378 e. The van der Waals surface area contributed by atoms with Gasteiger partial charge >= 0.3 is 0 Å². The number of hydrogen-bond donors (Lipinski definition) is 1. The van der Waals surface area contributed by atoms with Crippen LogP contribution in [0.4, 0.5) is 0 Å². The fourth-order valence-electron chi connectivity index (χ4n) is 3.44. The van der Waals surface area contributed by atoms with Crippen LogP contribution in [0, 0.1) is 0 Å². The quantitative estimate of drug-likeness (QED) is 0.821. The zero-order chi connectivity index (χ0) is 12.3. The number of ether oxygens (including phenoxy) is 1. The first-order valence-corrected chi connectivity index (χ1v) is 7.35. The molecule has 2 aliphatic heterocycles. The second-order valence-electron chi connectivity index (χ2n) is 5.74. The maximum absolute atomic E-state index is 6.16. The van der Waals surface area contributed by atoms with Crippen molar-refractivity contribution in [1.29, 1.82) is 0 Å². The van der Waals surface area contributed by atoms with Gasteiger partial charge < -0.3 is 10.5 Å². The Bertz CT molecular complexity index is 232. The van der Waals surface area contributed by atoms with Gasteiger partial charge in [-0.2, -0.15) is 0 Å². The lowest BCUT2D eigenvalue weighted by Crippen LogP contribution is -2.55. The molecule has 0 aliphatic carbocycles. The first-order valence-electron chi connectivity index (χ1n) is 7.35. The van der Waals surface area contributed by atoms with Crippen LogP contribution in [-0.4, -0.2) is 42.3 Å². The Morgan fingerprint density at radius 3 is 2.88 bits per heavy atom. The highest BCUT2D eigenvalue weighted by molar-refractivity contribution is 4.89. The molecule has 17 heavy (non-hydrogen) atoms. The summed E-state index contributed by atoms with van der Waals surface area (Å²) in [5.41, 5.74) is 6.16. The number of likely N-dealkylation sites (tertiary alicyclic amines) is 1. The highest BCUT2D eigenvalue weighted by Gasteiger charge is 2.33. The van der Waals surface area contributed by atoms with Gasteiger partial charge in [-0.1, -0.05) is 13.3 Å². The molecule has 4 unspecified atom stereocenters. The molecule has 0 amide bonds. The van der Waals surface area contributed by atoms with Crippen molar-refractivity contribution in [1.82, 2.24) is 4.90 Å². The third kappa shape index (κ3) is 3.21. The molecule has 4 atom stereocenters. The molecule has 0 saturated carbocycles. The van der Waals surface area contributed by atoms with Crippen LogP contribution < -0.4 is 5.73 Å². The van der Waals surface area contributed by atoms with E-state index >= 15 is 0 Å². The summed E-state index contributed by atoms with van der Waals surface area (Å²) in [5, 5.41) is 0. The minimum Gasteiger partial charge on any atom is -0.378 e. The Balaban J connectivity index is 1.98. The number of rotatable bonds is 3. The first-order chi connectivity index (χ1) is 8.22. The van der Waals surface area contributed by atoms with E-state index in [1.165, 1.54) is 38.6 Å². The number of piperidine rings is 1. The van der Waals surface area contributed by atoms with E-state index in [0.717, 1.165) is 13.0 Å². The molecule has 0 aromatic carbocycles. The van der Waals surface area contributed by atoms with Gasteiger partial charge in [-0.15, -0.1) is 0 Å². The number of nitrogens with zero attached hydrogens (tertiary/aromatic N) is 1. The van der Waals surface area contributed by atoms with Gasteiger partial charge in [0.15, 0.2) is 0 Å². The van der Waals surface area contributed by atoms with Gasteiger partial charge in [0.1, 0.15) is 0 Å². The lowest BCUT2D eigenvalue weighted by Gasteiger charge is -2.45. The summed E-state index contributed by atoms with van der Waals surface area (Å²) >= 11 is 0. The van der Waals surface area contributed by atoms with Crippen molar-refractivity contribution < 1.29 is 4.74 Å². The summed E-state index contributed by atoms with van der Waals surface area (Å²) in [6, 6.07) is 1.62. The summed E-state index contributed by atoms with van der Waals surface area (Å²) in [6.45, 7) is 6.57. The monoisotopic (exact) mass is 240 g/mol. The third-order valence-corrected chi connectivity index (χ3v) is 4.46. The normalized spacial score (nSPS) is 37.9. The number of hydrogen-bond acceptors (Lipinski definition) is 3. The zero-order valence-electron chi connectivity index (χ0n) is 11.4. The molecule has 2 fully saturated rings. The molecular formula is C14H28N2O. The predicted molar refractivity (Wildman–Crippen MR) is 71.0 cm³/mol. The summed E-state index contributed by atoms with van der Waals surface area (Å²) in [7, 11) is 0. The average Bonchev–Trinajstić information content (AvgIpc) is 2.39. The van der Waals surface area contributed by atoms with Crippen molar-refractivity contribution in [3.63, 3.8) is 0 Å². The van der Waals surface area contributed by atoms with E-state index in [1.54, 1.807) is 0 Å². The van der Waals surface area contributed by atoms with Gasteiger partial charge in [0.25, 0.3) is 0 Å². The highest BCUT2D eigenvalue weighted by atomic mass is 16.5. The molecule has 0 spiro atoms. The lowest BCUT2D eigenvalue weighted by atomic mass is 9.91. The molecule has 2 aliphatic rings. The summed E-state index contributed by atoms with van der Waals surface area (Å²) in [6.07, 6.45) is 8.00. The van der Waals surface area contributed by atoms with Crippen LogP contribution in [0.25, 0.3) is 0 Å². The van der Waals surface area contributed by atoms with E-state index in [-0.39, 0.29) is 0 Å².